The molecule has 0 radical (unpaired) electrons. The molecule has 1 aromatic rings. The minimum atomic E-state index is -3.30. The van der Waals surface area contributed by atoms with E-state index in [1.54, 1.807) is 0 Å². The van der Waals surface area contributed by atoms with E-state index in [2.05, 4.69) is 0 Å². The van der Waals surface area contributed by atoms with Crippen molar-refractivity contribution in [3.63, 3.8) is 0 Å². The molecule has 2 N–H and O–H groups in total. The standard InChI is InChI=1S/C10H15BO4S/c1-2-3-7-16(14,15)10-6-4-5-9(8-10)11(12)13/h4-6,8,12-13H,2-3,7H2,1H3. The molecule has 1 rings (SSSR count). The van der Waals surface area contributed by atoms with E-state index >= 15 is 0 Å². The SMILES string of the molecule is CCCCS(=O)(=O)c1cccc(B(O)O)c1. The van der Waals surface area contributed by atoms with Gasteiger partial charge in [0.15, 0.2) is 9.84 Å². The summed E-state index contributed by atoms with van der Waals surface area (Å²) >= 11 is 0. The molecule has 1 aromatic carbocycles. The van der Waals surface area contributed by atoms with Crippen molar-refractivity contribution in [2.24, 2.45) is 0 Å². The highest BCUT2D eigenvalue weighted by Crippen LogP contribution is 2.11. The number of rotatable bonds is 5. The van der Waals surface area contributed by atoms with Crippen molar-refractivity contribution in [3.8, 4) is 0 Å². The molecule has 0 saturated heterocycles. The Hall–Kier alpha value is -0.845. The molecule has 16 heavy (non-hydrogen) atoms. The third-order valence-corrected chi connectivity index (χ3v) is 4.08. The van der Waals surface area contributed by atoms with Crippen LogP contribution in [0.15, 0.2) is 29.2 Å². The van der Waals surface area contributed by atoms with E-state index in [1.807, 2.05) is 6.92 Å². The summed E-state index contributed by atoms with van der Waals surface area (Å²) in [6.07, 6.45) is 1.41. The van der Waals surface area contributed by atoms with Crippen molar-refractivity contribution in [2.45, 2.75) is 24.7 Å². The monoisotopic (exact) mass is 242 g/mol. The van der Waals surface area contributed by atoms with Crippen LogP contribution in [0.25, 0.3) is 0 Å². The summed E-state index contributed by atoms with van der Waals surface area (Å²) in [6, 6.07) is 5.75. The average Bonchev–Trinajstić information content (AvgIpc) is 2.26. The fourth-order valence-electron chi connectivity index (χ4n) is 1.32. The van der Waals surface area contributed by atoms with Crippen LogP contribution in [-0.4, -0.2) is 31.3 Å². The molecular formula is C10H15BO4S. The van der Waals surface area contributed by atoms with E-state index in [4.69, 9.17) is 10.0 Å². The lowest BCUT2D eigenvalue weighted by molar-refractivity contribution is 0.425. The molecule has 0 saturated carbocycles. The minimum absolute atomic E-state index is 0.0917. The molecular weight excluding hydrogens is 227 g/mol. The molecule has 0 heterocycles. The van der Waals surface area contributed by atoms with E-state index < -0.39 is 17.0 Å². The van der Waals surface area contributed by atoms with Gasteiger partial charge in [-0.1, -0.05) is 25.5 Å². The van der Waals surface area contributed by atoms with Crippen LogP contribution in [0.4, 0.5) is 0 Å². The second-order valence-electron chi connectivity index (χ2n) is 3.62. The Balaban J connectivity index is 2.99. The first-order valence-electron chi connectivity index (χ1n) is 5.16. The summed E-state index contributed by atoms with van der Waals surface area (Å²) in [7, 11) is -4.94. The maximum absolute atomic E-state index is 11.8. The average molecular weight is 242 g/mol. The van der Waals surface area contributed by atoms with Gasteiger partial charge in [0.2, 0.25) is 0 Å². The lowest BCUT2D eigenvalue weighted by atomic mass is 9.80. The largest absolute Gasteiger partial charge is 0.488 e. The van der Waals surface area contributed by atoms with Gasteiger partial charge in [-0.15, -0.1) is 0 Å². The van der Waals surface area contributed by atoms with Crippen molar-refractivity contribution < 1.29 is 18.5 Å². The van der Waals surface area contributed by atoms with Crippen LogP contribution in [-0.2, 0) is 9.84 Å². The molecule has 0 amide bonds. The Kier molecular flexibility index (Phi) is 4.52. The number of hydrogen-bond acceptors (Lipinski definition) is 4. The first-order chi connectivity index (χ1) is 7.47. The van der Waals surface area contributed by atoms with Gasteiger partial charge in [-0.05, 0) is 24.0 Å². The van der Waals surface area contributed by atoms with Crippen LogP contribution in [0.5, 0.6) is 0 Å². The lowest BCUT2D eigenvalue weighted by Crippen LogP contribution is -2.30. The van der Waals surface area contributed by atoms with Crippen LogP contribution in [0.2, 0.25) is 0 Å². The van der Waals surface area contributed by atoms with E-state index in [9.17, 15) is 8.42 Å². The highest BCUT2D eigenvalue weighted by molar-refractivity contribution is 7.91. The molecule has 6 heteroatoms. The molecule has 88 valence electrons. The Morgan fingerprint density at radius 3 is 2.56 bits per heavy atom. The smallest absolute Gasteiger partial charge is 0.423 e. The summed E-state index contributed by atoms with van der Waals surface area (Å²) in [4.78, 5) is 0.145. The summed E-state index contributed by atoms with van der Waals surface area (Å²) < 4.78 is 23.6. The predicted molar refractivity (Wildman–Crippen MR) is 63.2 cm³/mol. The Labute approximate surface area is 96.0 Å². The highest BCUT2D eigenvalue weighted by atomic mass is 32.2. The second-order valence-corrected chi connectivity index (χ2v) is 5.73. The molecule has 0 fully saturated rings. The van der Waals surface area contributed by atoms with Gasteiger partial charge in [0.05, 0.1) is 10.6 Å². The fourth-order valence-corrected chi connectivity index (χ4v) is 2.83. The van der Waals surface area contributed by atoms with Gasteiger partial charge >= 0.3 is 7.12 Å². The van der Waals surface area contributed by atoms with Crippen LogP contribution >= 0.6 is 0 Å². The van der Waals surface area contributed by atoms with Crippen molar-refractivity contribution in [1.29, 1.82) is 0 Å². The molecule has 0 aromatic heterocycles. The maximum atomic E-state index is 11.8. The molecule has 0 spiro atoms. The van der Waals surface area contributed by atoms with Crippen LogP contribution < -0.4 is 5.46 Å². The zero-order chi connectivity index (χ0) is 12.2. The second kappa shape index (κ2) is 5.47. The normalized spacial score (nSPS) is 11.4. The molecule has 0 aliphatic heterocycles. The van der Waals surface area contributed by atoms with E-state index in [0.717, 1.165) is 6.42 Å². The van der Waals surface area contributed by atoms with Gasteiger partial charge in [-0.3, -0.25) is 0 Å². The fraction of sp³-hybridized carbons (Fsp3) is 0.400. The van der Waals surface area contributed by atoms with Crippen LogP contribution in [0.1, 0.15) is 19.8 Å². The summed E-state index contributed by atoms with van der Waals surface area (Å²) in [5.74, 6) is 0.0917. The molecule has 4 nitrogen and oxygen atoms in total. The predicted octanol–water partition coefficient (Wildman–Crippen LogP) is -0.0598. The van der Waals surface area contributed by atoms with Crippen molar-refractivity contribution >= 4 is 22.4 Å². The summed E-state index contributed by atoms with van der Waals surface area (Å²) in [5, 5.41) is 17.9. The quantitative estimate of drug-likeness (QED) is 0.709. The van der Waals surface area contributed by atoms with Crippen LogP contribution in [0.3, 0.4) is 0 Å². The maximum Gasteiger partial charge on any atom is 0.488 e. The van der Waals surface area contributed by atoms with E-state index in [-0.39, 0.29) is 16.1 Å². The first kappa shape index (κ1) is 13.2. The van der Waals surface area contributed by atoms with E-state index in [0.29, 0.717) is 6.42 Å². The third-order valence-electron chi connectivity index (χ3n) is 2.28. The van der Waals surface area contributed by atoms with Gasteiger partial charge in [-0.25, -0.2) is 8.42 Å². The molecule has 0 atom stereocenters. The van der Waals surface area contributed by atoms with Gasteiger partial charge in [0, 0.05) is 0 Å². The highest BCUT2D eigenvalue weighted by Gasteiger charge is 2.17. The Bertz CT molecular complexity index is 442. The minimum Gasteiger partial charge on any atom is -0.423 e. The van der Waals surface area contributed by atoms with Crippen LogP contribution in [0, 0.1) is 0 Å². The zero-order valence-corrected chi connectivity index (χ0v) is 9.94. The van der Waals surface area contributed by atoms with E-state index in [1.165, 1.54) is 24.3 Å². The number of unbranched alkanes of at least 4 members (excludes halogenated alkanes) is 1. The topological polar surface area (TPSA) is 74.6 Å². The van der Waals surface area contributed by atoms with Gasteiger partial charge < -0.3 is 10.0 Å². The summed E-state index contributed by atoms with van der Waals surface area (Å²) in [5.41, 5.74) is 0.192. The van der Waals surface area contributed by atoms with Gasteiger partial charge in [0.1, 0.15) is 0 Å². The molecule has 0 unspecified atom stereocenters. The number of hydrogen-bond donors (Lipinski definition) is 2. The molecule has 0 aliphatic rings. The lowest BCUT2D eigenvalue weighted by Gasteiger charge is -2.05. The summed E-state index contributed by atoms with van der Waals surface area (Å²) in [6.45, 7) is 1.92. The number of sulfone groups is 1. The third kappa shape index (κ3) is 3.33. The zero-order valence-electron chi connectivity index (χ0n) is 9.13. The first-order valence-corrected chi connectivity index (χ1v) is 6.81. The van der Waals surface area contributed by atoms with Crippen molar-refractivity contribution in [3.05, 3.63) is 24.3 Å². The van der Waals surface area contributed by atoms with Gasteiger partial charge in [-0.2, -0.15) is 0 Å². The number of benzene rings is 1. The van der Waals surface area contributed by atoms with Crippen molar-refractivity contribution in [1.82, 2.24) is 0 Å². The van der Waals surface area contributed by atoms with Gasteiger partial charge in [0.25, 0.3) is 0 Å². The Morgan fingerprint density at radius 2 is 2.00 bits per heavy atom. The Morgan fingerprint density at radius 1 is 1.31 bits per heavy atom. The van der Waals surface area contributed by atoms with Crippen molar-refractivity contribution in [2.75, 3.05) is 5.75 Å². The molecule has 0 aliphatic carbocycles. The molecule has 0 bridgehead atoms.